The van der Waals surface area contributed by atoms with Gasteiger partial charge in [0, 0.05) is 0 Å². The Bertz CT molecular complexity index is 319. The molecule has 0 saturated carbocycles. The quantitative estimate of drug-likeness (QED) is 0.751. The van der Waals surface area contributed by atoms with E-state index in [2.05, 4.69) is 9.72 Å². The molecular weight excluding hydrogens is 207 g/mol. The summed E-state index contributed by atoms with van der Waals surface area (Å²) in [6, 6.07) is 0. The molecule has 1 heterocycles. The summed E-state index contributed by atoms with van der Waals surface area (Å²) in [6.45, 7) is 0. The molecule has 0 aliphatic heterocycles. The molecule has 0 aliphatic rings. The van der Waals surface area contributed by atoms with Crippen molar-refractivity contribution >= 4 is 11.6 Å². The lowest BCUT2D eigenvalue weighted by atomic mass is 10.2. The van der Waals surface area contributed by atoms with Gasteiger partial charge in [-0.05, 0) is 0 Å². The zero-order valence-corrected chi connectivity index (χ0v) is 7.28. The van der Waals surface area contributed by atoms with Gasteiger partial charge in [-0.2, -0.15) is 0 Å². The summed E-state index contributed by atoms with van der Waals surface area (Å²) in [5, 5.41) is -0.448. The molecule has 0 aliphatic carbocycles. The fraction of sp³-hybridized carbons (Fsp3) is 0.286. The number of pyridine rings is 1. The summed E-state index contributed by atoms with van der Waals surface area (Å²) in [4.78, 5) is 3.40. The maximum atomic E-state index is 13.0. The third-order valence-electron chi connectivity index (χ3n) is 1.38. The minimum Gasteiger partial charge on any atom is -0.481 e. The first-order valence-corrected chi connectivity index (χ1v) is 3.61. The molecule has 0 amide bonds. The molecule has 13 heavy (non-hydrogen) atoms. The van der Waals surface area contributed by atoms with E-state index in [-0.39, 0.29) is 0 Å². The van der Waals surface area contributed by atoms with Gasteiger partial charge >= 0.3 is 0 Å². The van der Waals surface area contributed by atoms with E-state index in [1.165, 1.54) is 0 Å². The van der Waals surface area contributed by atoms with Crippen LogP contribution in [-0.2, 0) is 0 Å². The fourth-order valence-electron chi connectivity index (χ4n) is 0.816. The SMILES string of the molecule is COc1ncc(Cl)c(F)c1C(F)F. The first kappa shape index (κ1) is 10.1. The zero-order chi connectivity index (χ0) is 10.0. The van der Waals surface area contributed by atoms with Crippen molar-refractivity contribution in [2.75, 3.05) is 7.11 Å². The van der Waals surface area contributed by atoms with Crippen molar-refractivity contribution in [3.8, 4) is 5.88 Å². The number of hydrogen-bond donors (Lipinski definition) is 0. The largest absolute Gasteiger partial charge is 0.481 e. The summed E-state index contributed by atoms with van der Waals surface area (Å²) in [5.41, 5.74) is -0.907. The second-order valence-corrected chi connectivity index (χ2v) is 2.55. The number of nitrogens with zero attached hydrogens (tertiary/aromatic N) is 1. The van der Waals surface area contributed by atoms with E-state index in [1.807, 2.05) is 0 Å². The molecule has 1 aromatic heterocycles. The Morgan fingerprint density at radius 1 is 1.54 bits per heavy atom. The molecule has 0 spiro atoms. The van der Waals surface area contributed by atoms with Crippen LogP contribution in [0, 0.1) is 5.82 Å². The van der Waals surface area contributed by atoms with Gasteiger partial charge in [0.05, 0.1) is 18.3 Å². The van der Waals surface area contributed by atoms with Gasteiger partial charge in [0.15, 0.2) is 5.82 Å². The van der Waals surface area contributed by atoms with E-state index in [4.69, 9.17) is 11.6 Å². The summed E-state index contributed by atoms with van der Waals surface area (Å²) in [5.74, 6) is -1.64. The van der Waals surface area contributed by atoms with Crippen molar-refractivity contribution in [2.45, 2.75) is 6.43 Å². The summed E-state index contributed by atoms with van der Waals surface area (Å²) < 4.78 is 41.9. The minimum absolute atomic E-state index is 0.447. The van der Waals surface area contributed by atoms with Crippen LogP contribution in [-0.4, -0.2) is 12.1 Å². The fourth-order valence-corrected chi connectivity index (χ4v) is 0.966. The number of hydrogen-bond acceptors (Lipinski definition) is 2. The second-order valence-electron chi connectivity index (χ2n) is 2.14. The highest BCUT2D eigenvalue weighted by atomic mass is 35.5. The molecule has 0 unspecified atom stereocenters. The Morgan fingerprint density at radius 3 is 2.62 bits per heavy atom. The lowest BCUT2D eigenvalue weighted by Crippen LogP contribution is -1.99. The van der Waals surface area contributed by atoms with Gasteiger partial charge in [0.2, 0.25) is 5.88 Å². The van der Waals surface area contributed by atoms with Crippen LogP contribution >= 0.6 is 11.6 Å². The lowest BCUT2D eigenvalue weighted by Gasteiger charge is -2.07. The van der Waals surface area contributed by atoms with Gasteiger partial charge in [-0.15, -0.1) is 0 Å². The highest BCUT2D eigenvalue weighted by Gasteiger charge is 2.22. The number of aromatic nitrogens is 1. The number of rotatable bonds is 2. The first-order valence-electron chi connectivity index (χ1n) is 3.24. The summed E-state index contributed by atoms with van der Waals surface area (Å²) >= 11 is 5.26. The van der Waals surface area contributed by atoms with E-state index < -0.39 is 28.7 Å². The van der Waals surface area contributed by atoms with Crippen molar-refractivity contribution < 1.29 is 17.9 Å². The van der Waals surface area contributed by atoms with E-state index in [0.29, 0.717) is 0 Å². The van der Waals surface area contributed by atoms with Crippen molar-refractivity contribution in [2.24, 2.45) is 0 Å². The molecular formula is C7H5ClF3NO. The smallest absolute Gasteiger partial charge is 0.271 e. The maximum Gasteiger partial charge on any atom is 0.271 e. The highest BCUT2D eigenvalue weighted by Crippen LogP contribution is 2.32. The molecule has 6 heteroatoms. The first-order chi connectivity index (χ1) is 6.07. The average Bonchev–Trinajstić information content (AvgIpc) is 2.08. The number of ether oxygens (including phenoxy) is 1. The van der Waals surface area contributed by atoms with Gasteiger partial charge in [0.1, 0.15) is 5.56 Å². The lowest BCUT2D eigenvalue weighted by molar-refractivity contribution is 0.140. The molecule has 0 bridgehead atoms. The zero-order valence-electron chi connectivity index (χ0n) is 6.52. The molecule has 0 atom stereocenters. The topological polar surface area (TPSA) is 22.1 Å². The Balaban J connectivity index is 3.32. The third kappa shape index (κ3) is 1.85. The molecule has 0 radical (unpaired) electrons. The monoisotopic (exact) mass is 211 g/mol. The van der Waals surface area contributed by atoms with Gasteiger partial charge in [0.25, 0.3) is 6.43 Å². The summed E-state index contributed by atoms with van der Waals surface area (Å²) in [7, 11) is 1.13. The van der Waals surface area contributed by atoms with Crippen LogP contribution in [0.5, 0.6) is 5.88 Å². The number of methoxy groups -OCH3 is 1. The molecule has 0 N–H and O–H groups in total. The van der Waals surface area contributed by atoms with Crippen LogP contribution in [0.3, 0.4) is 0 Å². The Hall–Kier alpha value is -0.970. The summed E-state index contributed by atoms with van der Waals surface area (Å²) in [6.07, 6.45) is -2.08. The van der Waals surface area contributed by atoms with Crippen molar-refractivity contribution in [1.82, 2.24) is 4.98 Å². The molecule has 72 valence electrons. The Labute approximate surface area is 77.3 Å². The van der Waals surface area contributed by atoms with E-state index in [9.17, 15) is 13.2 Å². The van der Waals surface area contributed by atoms with Gasteiger partial charge in [-0.3, -0.25) is 0 Å². The molecule has 0 fully saturated rings. The van der Waals surface area contributed by atoms with E-state index in [1.54, 1.807) is 0 Å². The van der Waals surface area contributed by atoms with Crippen LogP contribution < -0.4 is 4.74 Å². The highest BCUT2D eigenvalue weighted by molar-refractivity contribution is 6.30. The van der Waals surface area contributed by atoms with Crippen LogP contribution in [0.4, 0.5) is 13.2 Å². The Morgan fingerprint density at radius 2 is 2.15 bits per heavy atom. The van der Waals surface area contributed by atoms with Crippen LogP contribution in [0.1, 0.15) is 12.0 Å². The standard InChI is InChI=1S/C7H5ClF3NO/c1-13-7-4(6(10)11)5(9)3(8)2-12-7/h2,6H,1H3. The number of alkyl halides is 2. The predicted octanol–water partition coefficient (Wildman–Crippen LogP) is 2.82. The molecule has 1 rings (SSSR count). The van der Waals surface area contributed by atoms with E-state index in [0.717, 1.165) is 13.3 Å². The molecule has 0 aromatic carbocycles. The minimum atomic E-state index is -3.00. The van der Waals surface area contributed by atoms with Crippen LogP contribution in [0.15, 0.2) is 6.20 Å². The number of halogens is 4. The van der Waals surface area contributed by atoms with Gasteiger partial charge in [-0.25, -0.2) is 18.2 Å². The van der Waals surface area contributed by atoms with Crippen molar-refractivity contribution in [3.05, 3.63) is 22.6 Å². The molecule has 0 saturated heterocycles. The van der Waals surface area contributed by atoms with Crippen LogP contribution in [0.2, 0.25) is 5.02 Å². The third-order valence-corrected chi connectivity index (χ3v) is 1.65. The molecule has 1 aromatic rings. The van der Waals surface area contributed by atoms with Crippen molar-refractivity contribution in [3.63, 3.8) is 0 Å². The Kier molecular flexibility index (Phi) is 2.98. The predicted molar refractivity (Wildman–Crippen MR) is 40.7 cm³/mol. The van der Waals surface area contributed by atoms with E-state index >= 15 is 0 Å². The normalized spacial score (nSPS) is 10.6. The van der Waals surface area contributed by atoms with Crippen molar-refractivity contribution in [1.29, 1.82) is 0 Å². The average molecular weight is 212 g/mol. The maximum absolute atomic E-state index is 13.0. The van der Waals surface area contributed by atoms with Gasteiger partial charge in [-0.1, -0.05) is 11.6 Å². The van der Waals surface area contributed by atoms with Crippen LogP contribution in [0.25, 0.3) is 0 Å². The second kappa shape index (κ2) is 3.83. The van der Waals surface area contributed by atoms with Gasteiger partial charge < -0.3 is 4.74 Å². The molecule has 2 nitrogen and oxygen atoms in total.